The van der Waals surface area contributed by atoms with E-state index in [9.17, 15) is 13.6 Å². The summed E-state index contributed by atoms with van der Waals surface area (Å²) in [6.45, 7) is 1.63. The smallest absolute Gasteiger partial charge is 0.294 e. The molecule has 6 heteroatoms. The summed E-state index contributed by atoms with van der Waals surface area (Å²) in [5, 5.41) is 5.59. The lowest BCUT2D eigenvalue weighted by Gasteiger charge is -2.04. The highest BCUT2D eigenvalue weighted by atomic mass is 19.1. The molecule has 1 heterocycles. The number of halogens is 2. The predicted octanol–water partition coefficient (Wildman–Crippen LogP) is 2.51. The molecule has 2 rings (SSSR count). The molecule has 0 atom stereocenters. The van der Waals surface area contributed by atoms with E-state index in [1.807, 2.05) is 0 Å². The number of carbonyl (C=O) groups is 1. The highest BCUT2D eigenvalue weighted by molar-refractivity contribution is 6.02. The number of amides is 1. The number of aromatic nitrogens is 1. The number of benzene rings is 1. The van der Waals surface area contributed by atoms with Crippen LogP contribution in [-0.2, 0) is 0 Å². The monoisotopic (exact) mass is 238 g/mol. The minimum Gasteiger partial charge on any atom is -0.351 e. The Labute approximate surface area is 95.2 Å². The molecule has 4 nitrogen and oxygen atoms in total. The Morgan fingerprint density at radius 2 is 2.00 bits per heavy atom. The minimum atomic E-state index is -0.852. The second-order valence-electron chi connectivity index (χ2n) is 3.38. The predicted molar refractivity (Wildman–Crippen MR) is 55.6 cm³/mol. The molecule has 0 aliphatic rings. The lowest BCUT2D eigenvalue weighted by molar-refractivity contribution is 0.0987. The Hall–Kier alpha value is -2.24. The number of para-hydroxylation sites is 1. The van der Waals surface area contributed by atoms with Crippen LogP contribution in [0.25, 0.3) is 0 Å². The summed E-state index contributed by atoms with van der Waals surface area (Å²) in [6, 6.07) is 4.67. The van der Waals surface area contributed by atoms with E-state index >= 15 is 0 Å². The number of hydrogen-bond acceptors (Lipinski definition) is 3. The van der Waals surface area contributed by atoms with Crippen LogP contribution >= 0.6 is 0 Å². The quantitative estimate of drug-likeness (QED) is 0.874. The molecule has 0 aliphatic carbocycles. The van der Waals surface area contributed by atoms with Crippen molar-refractivity contribution in [3.8, 4) is 0 Å². The Bertz CT molecular complexity index is 546. The third-order valence-corrected chi connectivity index (χ3v) is 2.05. The van der Waals surface area contributed by atoms with Crippen LogP contribution in [-0.4, -0.2) is 11.1 Å². The van der Waals surface area contributed by atoms with E-state index in [4.69, 9.17) is 0 Å². The van der Waals surface area contributed by atoms with Gasteiger partial charge in [0, 0.05) is 6.07 Å². The van der Waals surface area contributed by atoms with Gasteiger partial charge in [0.2, 0.25) is 5.76 Å². The molecule has 0 unspecified atom stereocenters. The zero-order chi connectivity index (χ0) is 12.4. The summed E-state index contributed by atoms with van der Waals surface area (Å²) in [5.41, 5.74) is -0.00397. The van der Waals surface area contributed by atoms with E-state index in [1.54, 1.807) is 6.92 Å². The molecule has 2 aromatic rings. The van der Waals surface area contributed by atoms with Crippen molar-refractivity contribution in [3.63, 3.8) is 0 Å². The van der Waals surface area contributed by atoms with Crippen molar-refractivity contribution in [3.05, 3.63) is 47.4 Å². The number of rotatable bonds is 2. The molecule has 0 radical (unpaired) electrons. The Kier molecular flexibility index (Phi) is 2.86. The van der Waals surface area contributed by atoms with Crippen molar-refractivity contribution in [2.45, 2.75) is 6.92 Å². The van der Waals surface area contributed by atoms with Gasteiger partial charge in [-0.15, -0.1) is 0 Å². The Morgan fingerprint density at radius 1 is 1.35 bits per heavy atom. The maximum atomic E-state index is 13.2. The number of nitrogens with one attached hydrogen (secondary N) is 1. The second kappa shape index (κ2) is 4.32. The minimum absolute atomic E-state index is 0.106. The maximum Gasteiger partial charge on any atom is 0.294 e. The highest BCUT2D eigenvalue weighted by Crippen LogP contribution is 2.19. The van der Waals surface area contributed by atoms with Gasteiger partial charge in [-0.05, 0) is 19.1 Å². The van der Waals surface area contributed by atoms with Gasteiger partial charge in [0.1, 0.15) is 17.3 Å². The standard InChI is InChI=1S/C11H8F2N2O2/c1-6-5-9(17-15-6)11(16)14-10-7(12)3-2-4-8(10)13/h2-5H,1H3,(H,14,16). The second-order valence-corrected chi connectivity index (χ2v) is 3.38. The maximum absolute atomic E-state index is 13.2. The molecule has 0 spiro atoms. The molecule has 0 aliphatic heterocycles. The van der Waals surface area contributed by atoms with Crippen LogP contribution in [0.2, 0.25) is 0 Å². The fourth-order valence-corrected chi connectivity index (χ4v) is 1.26. The van der Waals surface area contributed by atoms with E-state index in [0.29, 0.717) is 5.69 Å². The molecule has 0 fully saturated rings. The number of carbonyl (C=O) groups excluding carboxylic acids is 1. The molecule has 0 saturated carbocycles. The number of nitrogens with zero attached hydrogens (tertiary/aromatic N) is 1. The van der Waals surface area contributed by atoms with Crippen molar-refractivity contribution < 1.29 is 18.1 Å². The SMILES string of the molecule is Cc1cc(C(=O)Nc2c(F)cccc2F)on1. The first-order valence-corrected chi connectivity index (χ1v) is 4.76. The van der Waals surface area contributed by atoms with Gasteiger partial charge >= 0.3 is 0 Å². The summed E-state index contributed by atoms with van der Waals surface area (Å²) < 4.78 is 31.1. The molecule has 1 amide bonds. The third-order valence-electron chi connectivity index (χ3n) is 2.05. The van der Waals surface area contributed by atoms with Gasteiger partial charge in [0.15, 0.2) is 0 Å². The van der Waals surface area contributed by atoms with Gasteiger partial charge in [-0.25, -0.2) is 8.78 Å². The van der Waals surface area contributed by atoms with E-state index < -0.39 is 23.2 Å². The summed E-state index contributed by atoms with van der Waals surface area (Å²) in [5.74, 6) is -2.57. The highest BCUT2D eigenvalue weighted by Gasteiger charge is 2.16. The van der Waals surface area contributed by atoms with Crippen molar-refractivity contribution in [2.75, 3.05) is 5.32 Å². The molecular formula is C11H8F2N2O2. The van der Waals surface area contributed by atoms with Gasteiger partial charge in [0.05, 0.1) is 5.69 Å². The van der Waals surface area contributed by atoms with Gasteiger partial charge in [-0.2, -0.15) is 0 Å². The van der Waals surface area contributed by atoms with Crippen LogP contribution in [0.15, 0.2) is 28.8 Å². The van der Waals surface area contributed by atoms with Gasteiger partial charge in [-0.3, -0.25) is 4.79 Å². The van der Waals surface area contributed by atoms with Crippen LogP contribution in [0.1, 0.15) is 16.2 Å². The fraction of sp³-hybridized carbons (Fsp3) is 0.0909. The number of anilines is 1. The van der Waals surface area contributed by atoms with Crippen molar-refractivity contribution in [1.82, 2.24) is 5.16 Å². The summed E-state index contributed by atoms with van der Waals surface area (Å²) in [6.07, 6.45) is 0. The van der Waals surface area contributed by atoms with Crippen molar-refractivity contribution in [2.24, 2.45) is 0 Å². The molecule has 1 aromatic heterocycles. The first-order valence-electron chi connectivity index (χ1n) is 4.76. The fourth-order valence-electron chi connectivity index (χ4n) is 1.26. The van der Waals surface area contributed by atoms with Gasteiger partial charge in [0.25, 0.3) is 5.91 Å². The van der Waals surface area contributed by atoms with E-state index in [2.05, 4.69) is 15.0 Å². The number of aryl methyl sites for hydroxylation is 1. The summed E-state index contributed by atoms with van der Waals surface area (Å²) in [7, 11) is 0. The molecule has 1 aromatic carbocycles. The zero-order valence-electron chi connectivity index (χ0n) is 8.83. The lowest BCUT2D eigenvalue weighted by Crippen LogP contribution is -2.13. The molecular weight excluding hydrogens is 230 g/mol. The Balaban J connectivity index is 2.24. The first-order chi connectivity index (χ1) is 8.08. The molecule has 88 valence electrons. The number of hydrogen-bond donors (Lipinski definition) is 1. The topological polar surface area (TPSA) is 55.1 Å². The van der Waals surface area contributed by atoms with Gasteiger partial charge in [-0.1, -0.05) is 11.2 Å². The van der Waals surface area contributed by atoms with Crippen molar-refractivity contribution >= 4 is 11.6 Å². The summed E-state index contributed by atoms with van der Waals surface area (Å²) in [4.78, 5) is 11.6. The average Bonchev–Trinajstić information content (AvgIpc) is 2.70. The first kappa shape index (κ1) is 11.3. The zero-order valence-corrected chi connectivity index (χ0v) is 8.83. The van der Waals surface area contributed by atoms with Crippen LogP contribution in [0.4, 0.5) is 14.5 Å². The normalized spacial score (nSPS) is 10.3. The molecule has 17 heavy (non-hydrogen) atoms. The molecule has 0 bridgehead atoms. The van der Waals surface area contributed by atoms with Crippen LogP contribution in [0.5, 0.6) is 0 Å². The average molecular weight is 238 g/mol. The van der Waals surface area contributed by atoms with Crippen LogP contribution in [0.3, 0.4) is 0 Å². The summed E-state index contributed by atoms with van der Waals surface area (Å²) >= 11 is 0. The molecule has 1 N–H and O–H groups in total. The molecule has 0 saturated heterocycles. The van der Waals surface area contributed by atoms with Gasteiger partial charge < -0.3 is 9.84 Å². The van der Waals surface area contributed by atoms with Crippen molar-refractivity contribution in [1.29, 1.82) is 0 Å². The largest absolute Gasteiger partial charge is 0.351 e. The third kappa shape index (κ3) is 2.30. The Morgan fingerprint density at radius 3 is 2.53 bits per heavy atom. The lowest BCUT2D eigenvalue weighted by atomic mass is 10.2. The van der Waals surface area contributed by atoms with E-state index in [-0.39, 0.29) is 5.76 Å². The van der Waals surface area contributed by atoms with E-state index in [0.717, 1.165) is 12.1 Å². The van der Waals surface area contributed by atoms with E-state index in [1.165, 1.54) is 12.1 Å². The van der Waals surface area contributed by atoms with Crippen LogP contribution in [0, 0.1) is 18.6 Å². The van der Waals surface area contributed by atoms with Crippen LogP contribution < -0.4 is 5.32 Å².